The molecule has 149 valence electrons. The van der Waals surface area contributed by atoms with Crippen molar-refractivity contribution in [2.24, 2.45) is 4.99 Å². The molecule has 4 rings (SSSR count). The first-order valence-corrected chi connectivity index (χ1v) is 9.00. The summed E-state index contributed by atoms with van der Waals surface area (Å²) in [6.45, 7) is 3.95. The number of aromatic hydroxyl groups is 1. The average molecular weight is 561 g/mol. The first kappa shape index (κ1) is 22.4. The largest absolute Gasteiger partial charge is 0.507 e. The van der Waals surface area contributed by atoms with Gasteiger partial charge in [0.05, 0.1) is 5.69 Å². The van der Waals surface area contributed by atoms with E-state index in [1.165, 1.54) is 10.8 Å². The Hall–Kier alpha value is -2.88. The second-order valence-corrected chi connectivity index (χ2v) is 6.33. The van der Waals surface area contributed by atoms with Gasteiger partial charge >= 0.3 is 0 Å². The summed E-state index contributed by atoms with van der Waals surface area (Å²) in [6, 6.07) is 22.7. The Bertz CT molecular complexity index is 1120. The van der Waals surface area contributed by atoms with Gasteiger partial charge in [-0.25, -0.2) is 0 Å². The summed E-state index contributed by atoms with van der Waals surface area (Å²) in [6.07, 6.45) is 3.42. The molecule has 0 atom stereocenters. The standard InChI is InChI=1S/C16H13N2.C8H9NO.Ir/c1-11-10-17-16(12(2)18-11)15-9-5-7-13-6-3-4-8-14(13)15;1-9-6-7-4-2-3-5-8(7)10;/h3-8,10H,1-2H3;2-6,10H,1H3;/q-1;;. The molecule has 3 aromatic carbocycles. The minimum Gasteiger partial charge on any atom is -0.507 e. The van der Waals surface area contributed by atoms with Gasteiger partial charge in [0, 0.05) is 56.5 Å². The Morgan fingerprint density at radius 1 is 1.00 bits per heavy atom. The number of hydrogen-bond acceptors (Lipinski definition) is 4. The number of aromatic nitrogens is 2. The molecule has 1 N–H and O–H groups in total. The molecule has 0 aliphatic heterocycles. The summed E-state index contributed by atoms with van der Waals surface area (Å²) in [5.74, 6) is 0.271. The quantitative estimate of drug-likeness (QED) is 0.273. The number of phenolic OH excluding ortho intramolecular Hbond substituents is 1. The van der Waals surface area contributed by atoms with Crippen molar-refractivity contribution in [1.82, 2.24) is 9.97 Å². The van der Waals surface area contributed by atoms with E-state index in [1.54, 1.807) is 31.6 Å². The van der Waals surface area contributed by atoms with Crippen LogP contribution in [0, 0.1) is 19.9 Å². The summed E-state index contributed by atoms with van der Waals surface area (Å²) in [7, 11) is 1.67. The maximum atomic E-state index is 9.15. The molecule has 0 fully saturated rings. The van der Waals surface area contributed by atoms with Gasteiger partial charge < -0.3 is 10.1 Å². The van der Waals surface area contributed by atoms with E-state index in [1.807, 2.05) is 44.2 Å². The van der Waals surface area contributed by atoms with Crippen LogP contribution >= 0.6 is 0 Å². The second-order valence-electron chi connectivity index (χ2n) is 6.33. The van der Waals surface area contributed by atoms with Gasteiger partial charge in [0.2, 0.25) is 0 Å². The molecule has 0 saturated carbocycles. The third-order valence-electron chi connectivity index (χ3n) is 4.23. The number of aliphatic imine (C=N–C) groups is 1. The Morgan fingerprint density at radius 3 is 2.45 bits per heavy atom. The zero-order valence-electron chi connectivity index (χ0n) is 16.6. The molecule has 5 heteroatoms. The number of rotatable bonds is 2. The second kappa shape index (κ2) is 10.6. The summed E-state index contributed by atoms with van der Waals surface area (Å²) >= 11 is 0. The van der Waals surface area contributed by atoms with Gasteiger partial charge in [0.1, 0.15) is 5.75 Å². The van der Waals surface area contributed by atoms with E-state index in [4.69, 9.17) is 5.11 Å². The van der Waals surface area contributed by atoms with Crippen molar-refractivity contribution in [3.8, 4) is 17.0 Å². The van der Waals surface area contributed by atoms with Crippen LogP contribution < -0.4 is 0 Å². The van der Waals surface area contributed by atoms with Crippen LogP contribution in [0.15, 0.2) is 71.9 Å². The predicted molar refractivity (Wildman–Crippen MR) is 115 cm³/mol. The van der Waals surface area contributed by atoms with Crippen molar-refractivity contribution in [2.45, 2.75) is 13.8 Å². The van der Waals surface area contributed by atoms with E-state index in [9.17, 15) is 0 Å². The molecule has 0 saturated heterocycles. The number of hydrogen-bond donors (Lipinski definition) is 1. The third-order valence-corrected chi connectivity index (χ3v) is 4.23. The van der Waals surface area contributed by atoms with Crippen molar-refractivity contribution in [2.75, 3.05) is 7.05 Å². The fourth-order valence-corrected chi connectivity index (χ4v) is 2.94. The molecule has 1 aromatic heterocycles. The Kier molecular flexibility index (Phi) is 8.20. The van der Waals surface area contributed by atoms with Gasteiger partial charge in [0.15, 0.2) is 0 Å². The summed E-state index contributed by atoms with van der Waals surface area (Å²) in [5.41, 5.74) is 4.58. The molecule has 0 unspecified atom stereocenters. The number of aryl methyl sites for hydroxylation is 2. The number of benzene rings is 3. The molecule has 4 nitrogen and oxygen atoms in total. The monoisotopic (exact) mass is 561 g/mol. The molecule has 4 aromatic rings. The molecule has 1 radical (unpaired) electrons. The van der Waals surface area contributed by atoms with Gasteiger partial charge in [-0.3, -0.25) is 9.98 Å². The number of fused-ring (bicyclic) bond motifs is 1. The average Bonchev–Trinajstić information content (AvgIpc) is 2.70. The smallest absolute Gasteiger partial charge is 0.124 e. The zero-order chi connectivity index (χ0) is 19.9. The van der Waals surface area contributed by atoms with Crippen molar-refractivity contribution < 1.29 is 25.2 Å². The number of phenols is 1. The zero-order valence-corrected chi connectivity index (χ0v) is 18.9. The first-order chi connectivity index (χ1) is 13.6. The SMILES string of the molecule is CN=Cc1ccccc1O.Cc1cnc(-c2[c-]ccc3ccccc23)c(C)n1.[Ir]. The van der Waals surface area contributed by atoms with Gasteiger partial charge in [-0.2, -0.15) is 0 Å². The van der Waals surface area contributed by atoms with Crippen LogP contribution in [-0.2, 0) is 20.1 Å². The van der Waals surface area contributed by atoms with E-state index in [0.29, 0.717) is 0 Å². The van der Waals surface area contributed by atoms with Crippen LogP contribution in [0.5, 0.6) is 5.75 Å². The van der Waals surface area contributed by atoms with E-state index in [2.05, 4.69) is 39.2 Å². The van der Waals surface area contributed by atoms with E-state index >= 15 is 0 Å². The van der Waals surface area contributed by atoms with E-state index in [-0.39, 0.29) is 25.9 Å². The Labute approximate surface area is 184 Å². The summed E-state index contributed by atoms with van der Waals surface area (Å²) in [4.78, 5) is 12.8. The molecule has 0 aliphatic carbocycles. The van der Waals surface area contributed by atoms with Crippen molar-refractivity contribution >= 4 is 17.0 Å². The third kappa shape index (κ3) is 5.56. The van der Waals surface area contributed by atoms with Crippen LogP contribution in [0.1, 0.15) is 17.0 Å². The minimum absolute atomic E-state index is 0. The van der Waals surface area contributed by atoms with Crippen LogP contribution in [0.2, 0.25) is 0 Å². The van der Waals surface area contributed by atoms with Gasteiger partial charge in [-0.1, -0.05) is 41.8 Å². The first-order valence-electron chi connectivity index (χ1n) is 9.00. The van der Waals surface area contributed by atoms with Crippen LogP contribution in [-0.4, -0.2) is 28.3 Å². The molecule has 0 amide bonds. The van der Waals surface area contributed by atoms with Gasteiger partial charge in [-0.05, 0) is 26.0 Å². The molecule has 0 spiro atoms. The Morgan fingerprint density at radius 2 is 1.72 bits per heavy atom. The van der Waals surface area contributed by atoms with Crippen LogP contribution in [0.3, 0.4) is 0 Å². The van der Waals surface area contributed by atoms with Crippen molar-refractivity contribution in [1.29, 1.82) is 0 Å². The van der Waals surface area contributed by atoms with Crippen molar-refractivity contribution in [3.05, 3.63) is 89.9 Å². The number of para-hydroxylation sites is 1. The minimum atomic E-state index is 0. The molecular weight excluding hydrogens is 539 g/mol. The fourth-order valence-electron chi connectivity index (χ4n) is 2.94. The van der Waals surface area contributed by atoms with Crippen molar-refractivity contribution in [3.63, 3.8) is 0 Å². The van der Waals surface area contributed by atoms with Crippen LogP contribution in [0.25, 0.3) is 22.0 Å². The van der Waals surface area contributed by atoms with E-state index in [0.717, 1.165) is 28.2 Å². The van der Waals surface area contributed by atoms with Gasteiger partial charge in [-0.15, -0.1) is 29.1 Å². The fraction of sp³-hybridized carbons (Fsp3) is 0.125. The molecule has 0 bridgehead atoms. The molecule has 1 heterocycles. The van der Waals surface area contributed by atoms with Crippen LogP contribution in [0.4, 0.5) is 0 Å². The summed E-state index contributed by atoms with van der Waals surface area (Å²) < 4.78 is 0. The Balaban J connectivity index is 0.000000234. The molecule has 0 aliphatic rings. The summed E-state index contributed by atoms with van der Waals surface area (Å²) in [5, 5.41) is 11.5. The van der Waals surface area contributed by atoms with Gasteiger partial charge in [0.25, 0.3) is 0 Å². The maximum absolute atomic E-state index is 9.15. The predicted octanol–water partition coefficient (Wildman–Crippen LogP) is 5.15. The molecule has 29 heavy (non-hydrogen) atoms. The van der Waals surface area contributed by atoms with E-state index < -0.39 is 0 Å². The number of nitrogens with zero attached hydrogens (tertiary/aromatic N) is 3. The normalized spacial score (nSPS) is 10.3. The topological polar surface area (TPSA) is 58.4 Å². The maximum Gasteiger partial charge on any atom is 0.124 e. The molecular formula is C24H22IrN3O-.